The number of sulfonamides is 1. The molecule has 6 nitrogen and oxygen atoms in total. The highest BCUT2D eigenvalue weighted by Crippen LogP contribution is 2.12. The van der Waals surface area contributed by atoms with E-state index in [0.717, 1.165) is 15.6 Å². The number of carbonyl (C=O) groups excluding carboxylic acids is 1. The Bertz CT molecular complexity index is 854. The molecular formula is C18H22BrN3O3S. The summed E-state index contributed by atoms with van der Waals surface area (Å²) in [6.45, 7) is 0.830. The molecule has 0 unspecified atom stereocenters. The summed E-state index contributed by atoms with van der Waals surface area (Å²) in [5.41, 5.74) is 2.55. The summed E-state index contributed by atoms with van der Waals surface area (Å²) in [7, 11) is -0.202. The molecule has 0 aliphatic rings. The van der Waals surface area contributed by atoms with Crippen molar-refractivity contribution in [3.8, 4) is 0 Å². The Morgan fingerprint density at radius 2 is 1.73 bits per heavy atom. The van der Waals surface area contributed by atoms with E-state index in [1.54, 1.807) is 30.1 Å². The number of rotatable bonds is 7. The van der Waals surface area contributed by atoms with Gasteiger partial charge in [-0.3, -0.25) is 0 Å². The third-order valence-electron chi connectivity index (χ3n) is 3.78. The van der Waals surface area contributed by atoms with Crippen LogP contribution in [-0.4, -0.2) is 33.4 Å². The van der Waals surface area contributed by atoms with Gasteiger partial charge in [-0.1, -0.05) is 52.3 Å². The smallest absolute Gasteiger partial charge is 0.317 e. The van der Waals surface area contributed by atoms with Crippen LogP contribution in [0.2, 0.25) is 0 Å². The highest BCUT2D eigenvalue weighted by atomic mass is 79.9. The molecule has 0 heterocycles. The second-order valence-electron chi connectivity index (χ2n) is 5.92. The number of benzene rings is 2. The second kappa shape index (κ2) is 9.16. The Morgan fingerprint density at radius 1 is 1.08 bits per heavy atom. The molecule has 2 rings (SSSR count). The summed E-state index contributed by atoms with van der Waals surface area (Å²) in [5.74, 6) is -0.0885. The van der Waals surface area contributed by atoms with E-state index in [0.29, 0.717) is 18.7 Å². The lowest BCUT2D eigenvalue weighted by Crippen LogP contribution is -2.36. The maximum absolute atomic E-state index is 12.2. The van der Waals surface area contributed by atoms with Crippen molar-refractivity contribution >= 4 is 32.0 Å². The van der Waals surface area contributed by atoms with Crippen LogP contribution in [0.5, 0.6) is 0 Å². The molecule has 0 aromatic heterocycles. The minimum Gasteiger partial charge on any atom is -0.334 e. The van der Waals surface area contributed by atoms with Crippen LogP contribution in [-0.2, 0) is 28.9 Å². The van der Waals surface area contributed by atoms with Crippen molar-refractivity contribution in [2.24, 2.45) is 0 Å². The molecule has 0 atom stereocenters. The number of nitrogens with zero attached hydrogens (tertiary/aromatic N) is 1. The third kappa shape index (κ3) is 6.44. The SMILES string of the molecule is CNS(=O)(=O)Cc1cccc(CNC(=O)N(C)Cc2ccc(Br)cc2)c1. The molecule has 140 valence electrons. The van der Waals surface area contributed by atoms with Crippen LogP contribution in [0.25, 0.3) is 0 Å². The first-order valence-electron chi connectivity index (χ1n) is 8.01. The van der Waals surface area contributed by atoms with Gasteiger partial charge in [0.25, 0.3) is 0 Å². The number of amides is 2. The van der Waals surface area contributed by atoms with Crippen molar-refractivity contribution in [1.29, 1.82) is 0 Å². The number of hydrogen-bond donors (Lipinski definition) is 2. The van der Waals surface area contributed by atoms with Gasteiger partial charge in [-0.25, -0.2) is 17.9 Å². The minimum absolute atomic E-state index is 0.0885. The van der Waals surface area contributed by atoms with Gasteiger partial charge in [0.15, 0.2) is 0 Å². The number of hydrogen-bond acceptors (Lipinski definition) is 3. The Labute approximate surface area is 162 Å². The highest BCUT2D eigenvalue weighted by molar-refractivity contribution is 9.10. The van der Waals surface area contributed by atoms with Gasteiger partial charge in [-0.2, -0.15) is 0 Å². The van der Waals surface area contributed by atoms with Crippen LogP contribution in [0.3, 0.4) is 0 Å². The summed E-state index contributed by atoms with van der Waals surface area (Å²) < 4.78 is 26.6. The normalized spacial score (nSPS) is 11.2. The Morgan fingerprint density at radius 3 is 2.38 bits per heavy atom. The van der Waals surface area contributed by atoms with E-state index in [4.69, 9.17) is 0 Å². The molecule has 2 aromatic carbocycles. The molecule has 0 fully saturated rings. The average molecular weight is 440 g/mol. The Balaban J connectivity index is 1.91. The molecular weight excluding hydrogens is 418 g/mol. The Kier molecular flexibility index (Phi) is 7.19. The fourth-order valence-electron chi connectivity index (χ4n) is 2.37. The molecule has 0 spiro atoms. The fraction of sp³-hybridized carbons (Fsp3) is 0.278. The van der Waals surface area contributed by atoms with Gasteiger partial charge in [0.2, 0.25) is 10.0 Å². The molecule has 26 heavy (non-hydrogen) atoms. The van der Waals surface area contributed by atoms with Gasteiger partial charge in [0, 0.05) is 24.6 Å². The molecule has 0 aliphatic carbocycles. The van der Waals surface area contributed by atoms with Crippen molar-refractivity contribution < 1.29 is 13.2 Å². The molecule has 0 radical (unpaired) electrons. The van der Waals surface area contributed by atoms with E-state index in [-0.39, 0.29) is 11.8 Å². The van der Waals surface area contributed by atoms with E-state index in [9.17, 15) is 13.2 Å². The number of urea groups is 1. The van der Waals surface area contributed by atoms with E-state index < -0.39 is 10.0 Å². The van der Waals surface area contributed by atoms with Crippen molar-refractivity contribution in [3.05, 3.63) is 69.7 Å². The molecule has 0 saturated carbocycles. The van der Waals surface area contributed by atoms with Crippen LogP contribution in [0, 0.1) is 0 Å². The summed E-state index contributed by atoms with van der Waals surface area (Å²) in [5, 5.41) is 2.85. The first-order chi connectivity index (χ1) is 12.3. The van der Waals surface area contributed by atoms with E-state index in [2.05, 4.69) is 26.0 Å². The van der Waals surface area contributed by atoms with Crippen LogP contribution in [0.4, 0.5) is 4.79 Å². The van der Waals surface area contributed by atoms with E-state index in [1.807, 2.05) is 30.3 Å². The van der Waals surface area contributed by atoms with Gasteiger partial charge < -0.3 is 10.2 Å². The van der Waals surface area contributed by atoms with E-state index in [1.165, 1.54) is 7.05 Å². The first kappa shape index (κ1) is 20.4. The zero-order valence-electron chi connectivity index (χ0n) is 14.7. The molecule has 2 amide bonds. The van der Waals surface area contributed by atoms with Crippen molar-refractivity contribution in [1.82, 2.24) is 14.9 Å². The van der Waals surface area contributed by atoms with Gasteiger partial charge in [0.05, 0.1) is 5.75 Å². The largest absolute Gasteiger partial charge is 0.334 e. The van der Waals surface area contributed by atoms with Crippen LogP contribution >= 0.6 is 15.9 Å². The van der Waals surface area contributed by atoms with Gasteiger partial charge in [-0.15, -0.1) is 0 Å². The lowest BCUT2D eigenvalue weighted by atomic mass is 10.1. The summed E-state index contributed by atoms with van der Waals surface area (Å²) in [6.07, 6.45) is 0. The minimum atomic E-state index is -3.32. The monoisotopic (exact) mass is 439 g/mol. The number of nitrogens with one attached hydrogen (secondary N) is 2. The number of carbonyl (C=O) groups is 1. The maximum Gasteiger partial charge on any atom is 0.317 e. The quantitative estimate of drug-likeness (QED) is 0.695. The lowest BCUT2D eigenvalue weighted by Gasteiger charge is -2.18. The zero-order valence-corrected chi connectivity index (χ0v) is 17.1. The topological polar surface area (TPSA) is 78.5 Å². The fourth-order valence-corrected chi connectivity index (χ4v) is 3.40. The van der Waals surface area contributed by atoms with Crippen LogP contribution < -0.4 is 10.0 Å². The molecule has 0 bridgehead atoms. The first-order valence-corrected chi connectivity index (χ1v) is 10.5. The molecule has 2 aromatic rings. The van der Waals surface area contributed by atoms with Gasteiger partial charge in [-0.05, 0) is 35.9 Å². The van der Waals surface area contributed by atoms with Crippen LogP contribution in [0.15, 0.2) is 53.0 Å². The summed E-state index contributed by atoms with van der Waals surface area (Å²) >= 11 is 3.39. The summed E-state index contributed by atoms with van der Waals surface area (Å²) in [6, 6.07) is 14.8. The van der Waals surface area contributed by atoms with Crippen LogP contribution in [0.1, 0.15) is 16.7 Å². The standard InChI is InChI=1S/C18H22BrN3O3S/c1-20-26(24,25)13-16-5-3-4-15(10-16)11-21-18(23)22(2)12-14-6-8-17(19)9-7-14/h3-10,20H,11-13H2,1-2H3,(H,21,23). The number of halogens is 1. The van der Waals surface area contributed by atoms with Crippen molar-refractivity contribution in [3.63, 3.8) is 0 Å². The summed E-state index contributed by atoms with van der Waals surface area (Å²) in [4.78, 5) is 13.8. The molecule has 0 aliphatic heterocycles. The molecule has 2 N–H and O–H groups in total. The molecule has 8 heteroatoms. The third-order valence-corrected chi connectivity index (χ3v) is 5.65. The maximum atomic E-state index is 12.2. The predicted octanol–water partition coefficient (Wildman–Crippen LogP) is 2.84. The second-order valence-corrected chi connectivity index (χ2v) is 8.77. The van der Waals surface area contributed by atoms with E-state index >= 15 is 0 Å². The average Bonchev–Trinajstić information content (AvgIpc) is 2.61. The lowest BCUT2D eigenvalue weighted by molar-refractivity contribution is 0.206. The van der Waals surface area contributed by atoms with Crippen molar-refractivity contribution in [2.75, 3.05) is 14.1 Å². The predicted molar refractivity (Wildman–Crippen MR) is 106 cm³/mol. The molecule has 0 saturated heterocycles. The highest BCUT2D eigenvalue weighted by Gasteiger charge is 2.11. The Hall–Kier alpha value is -1.90. The zero-order chi connectivity index (χ0) is 19.2. The van der Waals surface area contributed by atoms with Gasteiger partial charge >= 0.3 is 6.03 Å². The van der Waals surface area contributed by atoms with Crippen molar-refractivity contribution in [2.45, 2.75) is 18.8 Å². The van der Waals surface area contributed by atoms with Gasteiger partial charge in [0.1, 0.15) is 0 Å².